The molecule has 0 fully saturated rings. The van der Waals surface area contributed by atoms with Crippen molar-refractivity contribution in [2.45, 2.75) is 26.1 Å². The summed E-state index contributed by atoms with van der Waals surface area (Å²) in [4.78, 5) is 3.87. The second-order valence-corrected chi connectivity index (χ2v) is 8.16. The number of nitrogens with zero attached hydrogens (tertiary/aromatic N) is 1. The van der Waals surface area contributed by atoms with Gasteiger partial charge in [-0.15, -0.1) is 0 Å². The van der Waals surface area contributed by atoms with Gasteiger partial charge in [-0.25, -0.2) is 13.1 Å². The minimum Gasteiger partial charge on any atom is -0.261 e. The van der Waals surface area contributed by atoms with E-state index in [0.29, 0.717) is 5.56 Å². The van der Waals surface area contributed by atoms with Crippen LogP contribution in [0.15, 0.2) is 41.4 Å². The van der Waals surface area contributed by atoms with E-state index in [1.807, 2.05) is 0 Å². The van der Waals surface area contributed by atoms with E-state index in [1.54, 1.807) is 26.0 Å². The molecular weight excluding hydrogens is 401 g/mol. The van der Waals surface area contributed by atoms with Crippen LogP contribution in [0.2, 0.25) is 5.02 Å². The average Bonchev–Trinajstić information content (AvgIpc) is 2.52. The molecule has 146 valence electrons. The monoisotopic (exact) mass is 418 g/mol. The largest absolute Gasteiger partial charge is 0.417 e. The van der Waals surface area contributed by atoms with Gasteiger partial charge in [0.05, 0.1) is 22.5 Å². The van der Waals surface area contributed by atoms with Crippen LogP contribution >= 0.6 is 11.6 Å². The molecule has 2 rings (SSSR count). The first-order chi connectivity index (χ1) is 12.4. The number of rotatable bonds is 5. The van der Waals surface area contributed by atoms with Crippen molar-refractivity contribution in [3.05, 3.63) is 52.5 Å². The molecule has 4 nitrogen and oxygen atoms in total. The van der Waals surface area contributed by atoms with Crippen LogP contribution in [-0.4, -0.2) is 20.9 Å². The lowest BCUT2D eigenvalue weighted by atomic mass is 9.96. The molecule has 0 saturated carbocycles. The van der Waals surface area contributed by atoms with Gasteiger partial charge in [-0.1, -0.05) is 35.9 Å². The van der Waals surface area contributed by atoms with E-state index in [9.17, 15) is 21.6 Å². The molecule has 0 unspecified atom stereocenters. The fourth-order valence-corrected chi connectivity index (χ4v) is 3.76. The Kier molecular flexibility index (Phi) is 6.34. The molecule has 0 saturated heterocycles. The first-order valence-corrected chi connectivity index (χ1v) is 10.2. The van der Waals surface area contributed by atoms with Crippen molar-refractivity contribution in [2.75, 3.05) is 6.26 Å². The van der Waals surface area contributed by atoms with E-state index in [2.05, 4.69) is 9.71 Å². The molecule has 27 heavy (non-hydrogen) atoms. The molecule has 0 aliphatic rings. The zero-order valence-corrected chi connectivity index (χ0v) is 16.4. The second-order valence-electron chi connectivity index (χ2n) is 5.97. The molecule has 9 heteroatoms. The van der Waals surface area contributed by atoms with Gasteiger partial charge in [-0.2, -0.15) is 13.2 Å². The Balaban J connectivity index is 2.52. The van der Waals surface area contributed by atoms with Crippen LogP contribution in [-0.2, 0) is 16.2 Å². The average molecular weight is 419 g/mol. The Hall–Kier alpha value is -1.90. The van der Waals surface area contributed by atoms with Crippen molar-refractivity contribution in [3.63, 3.8) is 0 Å². The summed E-state index contributed by atoms with van der Waals surface area (Å²) in [5.41, 5.74) is -0.0305. The van der Waals surface area contributed by atoms with Gasteiger partial charge in [0.25, 0.3) is 0 Å². The highest BCUT2D eigenvalue weighted by atomic mass is 35.5. The molecule has 0 aliphatic carbocycles. The summed E-state index contributed by atoms with van der Waals surface area (Å²) in [5.74, 6) is 0. The molecule has 0 amide bonds. The molecule has 2 aromatic rings. The van der Waals surface area contributed by atoms with Crippen LogP contribution in [0, 0.1) is 0 Å². The quantitative estimate of drug-likeness (QED) is 0.664. The van der Waals surface area contributed by atoms with Gasteiger partial charge in [0, 0.05) is 17.8 Å². The van der Waals surface area contributed by atoms with Crippen LogP contribution in [0.3, 0.4) is 0 Å². The van der Waals surface area contributed by atoms with E-state index < -0.39 is 27.8 Å². The van der Waals surface area contributed by atoms with Crippen molar-refractivity contribution < 1.29 is 21.6 Å². The Morgan fingerprint density at radius 3 is 2.26 bits per heavy atom. The summed E-state index contributed by atoms with van der Waals surface area (Å²) >= 11 is 6.13. The maximum absolute atomic E-state index is 13.5. The molecule has 0 heterocycles. The molecule has 0 aliphatic heterocycles. The zero-order chi connectivity index (χ0) is 20.4. The number of nitrogens with one attached hydrogen (secondary N) is 1. The maximum atomic E-state index is 13.5. The molecule has 1 atom stereocenters. The number of hydrogen-bond donors (Lipinski definition) is 1. The van der Waals surface area contributed by atoms with E-state index in [-0.39, 0.29) is 21.8 Å². The molecule has 0 spiro atoms. The van der Waals surface area contributed by atoms with Crippen LogP contribution in [0.4, 0.5) is 18.9 Å². The molecule has 2 aromatic carbocycles. The smallest absolute Gasteiger partial charge is 0.261 e. The third-order valence-corrected chi connectivity index (χ3v) is 4.83. The van der Waals surface area contributed by atoms with Crippen LogP contribution in [0.1, 0.15) is 31.0 Å². The Morgan fingerprint density at radius 1 is 1.19 bits per heavy atom. The SMILES string of the molecule is CC=Nc1cc(Cl)c(-c2ccc([C@H](C)NS(C)(=O)=O)cc2)c(C(F)(F)F)c1. The summed E-state index contributed by atoms with van der Waals surface area (Å²) in [6.07, 6.45) is -2.19. The third-order valence-electron chi connectivity index (χ3n) is 3.75. The summed E-state index contributed by atoms with van der Waals surface area (Å²) in [6, 6.07) is 7.88. The molecule has 0 radical (unpaired) electrons. The Morgan fingerprint density at radius 2 is 1.78 bits per heavy atom. The molecule has 0 aromatic heterocycles. The zero-order valence-electron chi connectivity index (χ0n) is 14.8. The third kappa shape index (κ3) is 5.54. The standard InChI is InChI=1S/C18H18ClF3N2O2S/c1-4-23-14-9-15(18(20,21)22)17(16(19)10-14)13-7-5-12(6-8-13)11(2)24-27(3,25)26/h4-11,24H,1-3H3/t11-/m0/s1. The normalized spacial score (nSPS) is 13.9. The summed E-state index contributed by atoms with van der Waals surface area (Å²) < 4.78 is 65.7. The van der Waals surface area contributed by atoms with Crippen LogP contribution < -0.4 is 4.72 Å². The highest BCUT2D eigenvalue weighted by Gasteiger charge is 2.35. The predicted molar refractivity (Wildman–Crippen MR) is 102 cm³/mol. The van der Waals surface area contributed by atoms with Gasteiger partial charge >= 0.3 is 6.18 Å². The number of halogens is 4. The van der Waals surface area contributed by atoms with Gasteiger partial charge in [-0.3, -0.25) is 4.99 Å². The number of aliphatic imine (C=N–C) groups is 1. The highest BCUT2D eigenvalue weighted by Crippen LogP contribution is 2.43. The second kappa shape index (κ2) is 8.00. The lowest BCUT2D eigenvalue weighted by Crippen LogP contribution is -2.25. The summed E-state index contributed by atoms with van der Waals surface area (Å²) in [5, 5.41) is -0.0690. The number of benzene rings is 2. The van der Waals surface area contributed by atoms with Crippen LogP contribution in [0.5, 0.6) is 0 Å². The van der Waals surface area contributed by atoms with Crippen molar-refractivity contribution in [3.8, 4) is 11.1 Å². The van der Waals surface area contributed by atoms with Gasteiger partial charge in [0.2, 0.25) is 10.0 Å². The van der Waals surface area contributed by atoms with Gasteiger partial charge in [0.15, 0.2) is 0 Å². The Bertz CT molecular complexity index is 956. The van der Waals surface area contributed by atoms with Crippen molar-refractivity contribution in [1.82, 2.24) is 4.72 Å². The minimum atomic E-state index is -4.61. The lowest BCUT2D eigenvalue weighted by molar-refractivity contribution is -0.137. The van der Waals surface area contributed by atoms with Gasteiger partial charge in [0.1, 0.15) is 0 Å². The van der Waals surface area contributed by atoms with Crippen LogP contribution in [0.25, 0.3) is 11.1 Å². The maximum Gasteiger partial charge on any atom is 0.417 e. The summed E-state index contributed by atoms with van der Waals surface area (Å²) in [7, 11) is -3.41. The first-order valence-electron chi connectivity index (χ1n) is 7.89. The Labute approximate surface area is 161 Å². The number of alkyl halides is 3. The van der Waals surface area contributed by atoms with Gasteiger partial charge < -0.3 is 0 Å². The van der Waals surface area contributed by atoms with E-state index in [4.69, 9.17) is 11.6 Å². The highest BCUT2D eigenvalue weighted by molar-refractivity contribution is 7.88. The van der Waals surface area contributed by atoms with E-state index in [1.165, 1.54) is 24.4 Å². The predicted octanol–water partition coefficient (Wildman–Crippen LogP) is 5.36. The fraction of sp³-hybridized carbons (Fsp3) is 0.278. The number of hydrogen-bond acceptors (Lipinski definition) is 3. The molecule has 1 N–H and O–H groups in total. The first kappa shape index (κ1) is 21.4. The van der Waals surface area contributed by atoms with Gasteiger partial charge in [-0.05, 0) is 37.1 Å². The number of sulfonamides is 1. The summed E-state index contributed by atoms with van der Waals surface area (Å²) in [6.45, 7) is 3.24. The topological polar surface area (TPSA) is 58.5 Å². The lowest BCUT2D eigenvalue weighted by Gasteiger charge is -2.17. The van der Waals surface area contributed by atoms with E-state index >= 15 is 0 Å². The minimum absolute atomic E-state index is 0.0690. The fourth-order valence-electron chi connectivity index (χ4n) is 2.66. The van der Waals surface area contributed by atoms with Crippen molar-refractivity contribution in [1.29, 1.82) is 0 Å². The molecular formula is C18H18ClF3N2O2S. The van der Waals surface area contributed by atoms with E-state index in [0.717, 1.165) is 12.3 Å². The van der Waals surface area contributed by atoms with Crippen molar-refractivity contribution in [2.24, 2.45) is 4.99 Å². The van der Waals surface area contributed by atoms with Crippen molar-refractivity contribution >= 4 is 33.5 Å². The molecule has 0 bridgehead atoms.